The maximum Gasteiger partial charge on any atom is 0.229 e. The summed E-state index contributed by atoms with van der Waals surface area (Å²) < 4.78 is 12.3. The highest BCUT2D eigenvalue weighted by Gasteiger charge is 2.39. The van der Waals surface area contributed by atoms with Gasteiger partial charge in [-0.05, 0) is 110 Å². The molecule has 0 N–H and O–H groups in total. The average molecular weight is 787 g/mol. The van der Waals surface area contributed by atoms with Crippen molar-refractivity contribution in [3.05, 3.63) is 211 Å². The smallest absolute Gasteiger partial charge is 0.229 e. The predicted molar refractivity (Wildman–Crippen MR) is 252 cm³/mol. The minimum Gasteiger partial charge on any atom is -0.497 e. The van der Waals surface area contributed by atoms with Crippen molar-refractivity contribution in [1.29, 1.82) is 0 Å². The molecule has 0 spiro atoms. The molecular formula is C57H42N2O2. The summed E-state index contributed by atoms with van der Waals surface area (Å²) in [5.74, 6) is 1.43. The average Bonchev–Trinajstić information content (AvgIpc) is 3.85. The Kier molecular flexibility index (Phi) is 8.68. The number of rotatable bonds is 8. The minimum absolute atomic E-state index is 0.258. The van der Waals surface area contributed by atoms with E-state index in [-0.39, 0.29) is 5.41 Å². The van der Waals surface area contributed by atoms with Crippen LogP contribution in [0.5, 0.6) is 5.75 Å². The first kappa shape index (κ1) is 36.4. The normalized spacial score (nSPS) is 12.6. The van der Waals surface area contributed by atoms with Crippen LogP contribution in [0.2, 0.25) is 0 Å². The van der Waals surface area contributed by atoms with Gasteiger partial charge < -0.3 is 14.1 Å². The van der Waals surface area contributed by atoms with E-state index in [9.17, 15) is 0 Å². The van der Waals surface area contributed by atoms with Crippen LogP contribution in [0.4, 0.5) is 17.1 Å². The number of hydrogen-bond acceptors (Lipinski definition) is 4. The molecule has 61 heavy (non-hydrogen) atoms. The second kappa shape index (κ2) is 14.5. The Hall–Kier alpha value is -7.69. The highest BCUT2D eigenvalue weighted by molar-refractivity contribution is 6.07. The first-order valence-electron chi connectivity index (χ1n) is 20.8. The standard InChI is InChI=1S/C57H42N2O2/c1-57(2)47-27-16-31-52(55(47)45-34-33-41(60-3)36-48(45)57)59(51-30-11-8-24-46(51)56-58-49-28-9-12-32-53(49)61-56)50-29-10-7-23-42(50)39-21-13-22-40(35-39)44-26-15-20-38-19-14-25-43(54(38)44)37-17-5-4-6-18-37/h4-36H,1-3H3. The molecule has 0 saturated carbocycles. The molecule has 11 rings (SSSR count). The molecule has 0 atom stereocenters. The lowest BCUT2D eigenvalue weighted by Gasteiger charge is -2.31. The van der Waals surface area contributed by atoms with E-state index < -0.39 is 0 Å². The fraction of sp³-hybridized carbons (Fsp3) is 0.0702. The highest BCUT2D eigenvalue weighted by atomic mass is 16.5. The zero-order valence-corrected chi connectivity index (χ0v) is 34.3. The van der Waals surface area contributed by atoms with Crippen molar-refractivity contribution in [2.75, 3.05) is 12.0 Å². The molecule has 0 bridgehead atoms. The molecule has 0 radical (unpaired) electrons. The largest absolute Gasteiger partial charge is 0.497 e. The fourth-order valence-electron chi connectivity index (χ4n) is 9.49. The monoisotopic (exact) mass is 786 g/mol. The van der Waals surface area contributed by atoms with E-state index in [0.29, 0.717) is 5.89 Å². The van der Waals surface area contributed by atoms with Crippen molar-refractivity contribution in [3.8, 4) is 61.7 Å². The van der Waals surface area contributed by atoms with Gasteiger partial charge in [0.15, 0.2) is 5.58 Å². The van der Waals surface area contributed by atoms with Crippen LogP contribution in [0, 0.1) is 0 Å². The zero-order chi connectivity index (χ0) is 41.1. The molecule has 292 valence electrons. The summed E-state index contributed by atoms with van der Waals surface area (Å²) >= 11 is 0. The predicted octanol–water partition coefficient (Wildman–Crippen LogP) is 15.4. The maximum absolute atomic E-state index is 6.53. The van der Waals surface area contributed by atoms with E-state index in [1.165, 1.54) is 49.7 Å². The summed E-state index contributed by atoms with van der Waals surface area (Å²) in [7, 11) is 1.74. The van der Waals surface area contributed by atoms with Crippen molar-refractivity contribution in [1.82, 2.24) is 4.98 Å². The van der Waals surface area contributed by atoms with Crippen molar-refractivity contribution in [3.63, 3.8) is 0 Å². The van der Waals surface area contributed by atoms with Crippen LogP contribution in [0.15, 0.2) is 205 Å². The number of nitrogens with zero attached hydrogens (tertiary/aromatic N) is 2. The Labute approximate surface area is 356 Å². The lowest BCUT2D eigenvalue weighted by molar-refractivity contribution is 0.413. The summed E-state index contributed by atoms with van der Waals surface area (Å²) in [6, 6.07) is 71.4. The molecule has 0 saturated heterocycles. The Bertz CT molecular complexity index is 3250. The van der Waals surface area contributed by atoms with Gasteiger partial charge in [-0.2, -0.15) is 0 Å². The molecule has 0 unspecified atom stereocenters. The van der Waals surface area contributed by atoms with Gasteiger partial charge in [0.2, 0.25) is 5.89 Å². The molecule has 10 aromatic rings. The van der Waals surface area contributed by atoms with Gasteiger partial charge in [0.25, 0.3) is 0 Å². The first-order chi connectivity index (χ1) is 30.0. The van der Waals surface area contributed by atoms with Gasteiger partial charge in [0, 0.05) is 16.5 Å². The van der Waals surface area contributed by atoms with Crippen LogP contribution in [-0.2, 0) is 5.41 Å². The van der Waals surface area contributed by atoms with Gasteiger partial charge in [-0.25, -0.2) is 4.98 Å². The number of ether oxygens (including phenoxy) is 1. The third-order valence-electron chi connectivity index (χ3n) is 12.4. The second-order valence-electron chi connectivity index (χ2n) is 16.2. The SMILES string of the molecule is COc1ccc2c(c1)C(C)(C)c1cccc(N(c3ccccc3-c3cccc(-c4cccc5cccc(-c6ccccc6)c45)c3)c3ccccc3-c3nc4ccccc4o3)c1-2. The second-order valence-corrected chi connectivity index (χ2v) is 16.2. The number of methoxy groups -OCH3 is 1. The van der Waals surface area contributed by atoms with Crippen LogP contribution in [0.25, 0.3) is 77.8 Å². The summed E-state index contributed by atoms with van der Waals surface area (Å²) in [6.45, 7) is 4.63. The molecule has 4 nitrogen and oxygen atoms in total. The number of aromatic nitrogens is 1. The molecule has 0 amide bonds. The topological polar surface area (TPSA) is 38.5 Å². The van der Waals surface area contributed by atoms with Gasteiger partial charge in [-0.15, -0.1) is 0 Å². The Morgan fingerprint density at radius 3 is 1.84 bits per heavy atom. The number of para-hydroxylation sites is 4. The van der Waals surface area contributed by atoms with E-state index in [1.54, 1.807) is 7.11 Å². The quantitative estimate of drug-likeness (QED) is 0.154. The molecule has 4 heteroatoms. The van der Waals surface area contributed by atoms with Crippen LogP contribution in [-0.4, -0.2) is 12.1 Å². The molecule has 9 aromatic carbocycles. The molecule has 1 heterocycles. The van der Waals surface area contributed by atoms with Crippen LogP contribution in [0.1, 0.15) is 25.0 Å². The Morgan fingerprint density at radius 1 is 0.475 bits per heavy atom. The summed E-state index contributed by atoms with van der Waals surface area (Å²) in [4.78, 5) is 7.46. The highest BCUT2D eigenvalue weighted by Crippen LogP contribution is 2.56. The number of oxazole rings is 1. The first-order valence-corrected chi connectivity index (χ1v) is 20.8. The van der Waals surface area contributed by atoms with E-state index in [1.807, 2.05) is 24.3 Å². The van der Waals surface area contributed by atoms with Gasteiger partial charge in [0.05, 0.1) is 29.7 Å². The van der Waals surface area contributed by atoms with Crippen LogP contribution >= 0.6 is 0 Å². The van der Waals surface area contributed by atoms with Crippen molar-refractivity contribution in [2.24, 2.45) is 0 Å². The number of hydrogen-bond donors (Lipinski definition) is 0. The van der Waals surface area contributed by atoms with E-state index in [2.05, 4.69) is 195 Å². The minimum atomic E-state index is -0.258. The molecule has 1 aliphatic carbocycles. The number of fused-ring (bicyclic) bond motifs is 5. The Balaban J connectivity index is 1.15. The maximum atomic E-state index is 6.53. The van der Waals surface area contributed by atoms with Crippen LogP contribution in [0.3, 0.4) is 0 Å². The fourth-order valence-corrected chi connectivity index (χ4v) is 9.49. The number of benzene rings is 9. The summed E-state index contributed by atoms with van der Waals surface area (Å²) in [5, 5.41) is 2.46. The molecule has 0 aliphatic heterocycles. The van der Waals surface area contributed by atoms with E-state index in [0.717, 1.165) is 56.2 Å². The van der Waals surface area contributed by atoms with Crippen LogP contribution < -0.4 is 9.64 Å². The van der Waals surface area contributed by atoms with Gasteiger partial charge in [-0.1, -0.05) is 159 Å². The van der Waals surface area contributed by atoms with E-state index >= 15 is 0 Å². The number of anilines is 3. The zero-order valence-electron chi connectivity index (χ0n) is 34.3. The van der Waals surface area contributed by atoms with Gasteiger partial charge in [0.1, 0.15) is 11.3 Å². The van der Waals surface area contributed by atoms with Crippen molar-refractivity contribution < 1.29 is 9.15 Å². The van der Waals surface area contributed by atoms with Gasteiger partial charge in [-0.3, -0.25) is 0 Å². The summed E-state index contributed by atoms with van der Waals surface area (Å²) in [5.41, 5.74) is 17.2. The molecule has 0 fully saturated rings. The third-order valence-corrected chi connectivity index (χ3v) is 12.4. The van der Waals surface area contributed by atoms with E-state index in [4.69, 9.17) is 14.1 Å². The molecular weight excluding hydrogens is 745 g/mol. The summed E-state index contributed by atoms with van der Waals surface area (Å²) in [6.07, 6.45) is 0. The third kappa shape index (κ3) is 6.02. The molecule has 1 aliphatic rings. The van der Waals surface area contributed by atoms with Gasteiger partial charge >= 0.3 is 0 Å². The molecule has 1 aromatic heterocycles. The van der Waals surface area contributed by atoms with Crippen molar-refractivity contribution >= 4 is 38.9 Å². The Morgan fingerprint density at radius 2 is 1.07 bits per heavy atom. The lowest BCUT2D eigenvalue weighted by Crippen LogP contribution is -2.16. The van der Waals surface area contributed by atoms with Crippen molar-refractivity contribution in [2.45, 2.75) is 19.3 Å². The lowest BCUT2D eigenvalue weighted by atomic mass is 9.82.